The number of amides is 1. The molecule has 0 saturated heterocycles. The summed E-state index contributed by atoms with van der Waals surface area (Å²) < 4.78 is 6.25. The van der Waals surface area contributed by atoms with Crippen molar-refractivity contribution in [1.29, 1.82) is 0 Å². The van der Waals surface area contributed by atoms with Crippen molar-refractivity contribution in [3.8, 4) is 5.75 Å². The summed E-state index contributed by atoms with van der Waals surface area (Å²) in [5, 5.41) is 14.4. The zero-order valence-corrected chi connectivity index (χ0v) is 16.9. The molecule has 1 N–H and O–H groups in total. The number of ether oxygens (including phenoxy) is 1. The number of carbonyl (C=O) groups is 1. The first-order valence-electron chi connectivity index (χ1n) is 7.64. The van der Waals surface area contributed by atoms with Crippen LogP contribution >= 0.6 is 34.4 Å². The number of para-hydroxylation sites is 2. The molecule has 0 bridgehead atoms. The number of hydrogen-bond donors (Lipinski definition) is 1. The predicted octanol–water partition coefficient (Wildman–Crippen LogP) is 4.02. The first-order valence-corrected chi connectivity index (χ1v) is 10.3. The van der Waals surface area contributed by atoms with Gasteiger partial charge in [0.25, 0.3) is 0 Å². The minimum absolute atomic E-state index is 0.120. The molecule has 7 nitrogen and oxygen atoms in total. The molecule has 10 heteroatoms. The fourth-order valence-electron chi connectivity index (χ4n) is 2.19. The van der Waals surface area contributed by atoms with Gasteiger partial charge in [-0.2, -0.15) is 0 Å². The Labute approximate surface area is 163 Å². The molecule has 0 aliphatic heterocycles. The van der Waals surface area contributed by atoms with Gasteiger partial charge in [-0.15, -0.1) is 21.5 Å². The highest BCUT2D eigenvalue weighted by atomic mass is 32.2. The van der Waals surface area contributed by atoms with Crippen LogP contribution in [-0.2, 0) is 10.5 Å². The maximum absolute atomic E-state index is 12.2. The Kier molecular flexibility index (Phi) is 6.07. The highest BCUT2D eigenvalue weighted by molar-refractivity contribution is 8.00. The van der Waals surface area contributed by atoms with Crippen LogP contribution in [0.2, 0.25) is 0 Å². The van der Waals surface area contributed by atoms with Crippen molar-refractivity contribution in [3.05, 3.63) is 35.3 Å². The Morgan fingerprint density at radius 2 is 2.15 bits per heavy atom. The number of methoxy groups -OCH3 is 1. The second-order valence-electron chi connectivity index (χ2n) is 5.06. The lowest BCUT2D eigenvalue weighted by Gasteiger charge is -2.20. The van der Waals surface area contributed by atoms with Gasteiger partial charge in [0.05, 0.1) is 18.5 Å². The molecular formula is C16H17N5O2S3. The van der Waals surface area contributed by atoms with Crippen LogP contribution in [0.15, 0.2) is 34.0 Å². The lowest BCUT2D eigenvalue weighted by atomic mass is 10.2. The molecule has 2 aromatic heterocycles. The molecule has 136 valence electrons. The summed E-state index contributed by atoms with van der Waals surface area (Å²) in [6, 6.07) is 7.40. The summed E-state index contributed by atoms with van der Waals surface area (Å²) in [5.41, 5.74) is 1.57. The number of anilines is 3. The van der Waals surface area contributed by atoms with Gasteiger partial charge in [0.2, 0.25) is 11.0 Å². The third-order valence-electron chi connectivity index (χ3n) is 3.34. The van der Waals surface area contributed by atoms with Crippen LogP contribution in [0.4, 0.5) is 16.0 Å². The summed E-state index contributed by atoms with van der Waals surface area (Å²) in [6.45, 7) is 1.52. The Hall–Kier alpha value is -2.17. The highest BCUT2D eigenvalue weighted by Gasteiger charge is 2.21. The van der Waals surface area contributed by atoms with Gasteiger partial charge in [0.1, 0.15) is 5.75 Å². The smallest absolute Gasteiger partial charge is 0.230 e. The van der Waals surface area contributed by atoms with Gasteiger partial charge in [-0.1, -0.05) is 35.2 Å². The maximum atomic E-state index is 12.2. The molecule has 1 aromatic carbocycles. The molecule has 3 rings (SSSR count). The largest absolute Gasteiger partial charge is 0.495 e. The first kappa shape index (κ1) is 18.6. The van der Waals surface area contributed by atoms with Crippen LogP contribution < -0.4 is 15.0 Å². The minimum Gasteiger partial charge on any atom is -0.495 e. The van der Waals surface area contributed by atoms with E-state index in [9.17, 15) is 4.79 Å². The molecule has 0 unspecified atom stereocenters. The van der Waals surface area contributed by atoms with E-state index in [0.717, 1.165) is 15.2 Å². The third kappa shape index (κ3) is 4.14. The number of carbonyl (C=O) groups excluding carboxylic acids is 1. The number of rotatable bonds is 7. The maximum Gasteiger partial charge on any atom is 0.230 e. The molecule has 0 saturated carbocycles. The van der Waals surface area contributed by atoms with Crippen molar-refractivity contribution >= 4 is 56.3 Å². The number of nitrogens with zero attached hydrogens (tertiary/aromatic N) is 4. The van der Waals surface area contributed by atoms with Crippen molar-refractivity contribution in [2.75, 3.05) is 24.4 Å². The van der Waals surface area contributed by atoms with Gasteiger partial charge in [-0.25, -0.2) is 4.98 Å². The number of nitrogens with one attached hydrogen (secondary N) is 1. The number of thioether (sulfide) groups is 1. The summed E-state index contributed by atoms with van der Waals surface area (Å²) in [7, 11) is 3.40. The molecule has 0 spiro atoms. The van der Waals surface area contributed by atoms with Gasteiger partial charge in [0, 0.05) is 25.1 Å². The number of aromatic nitrogens is 3. The fourth-order valence-corrected chi connectivity index (χ4v) is 4.78. The van der Waals surface area contributed by atoms with Crippen LogP contribution in [0, 0.1) is 0 Å². The van der Waals surface area contributed by atoms with Crippen molar-refractivity contribution in [2.24, 2.45) is 0 Å². The van der Waals surface area contributed by atoms with Crippen LogP contribution in [0.5, 0.6) is 5.75 Å². The second kappa shape index (κ2) is 8.47. The lowest BCUT2D eigenvalue weighted by molar-refractivity contribution is -0.115. The van der Waals surface area contributed by atoms with Crippen molar-refractivity contribution in [3.63, 3.8) is 0 Å². The van der Waals surface area contributed by atoms with Gasteiger partial charge in [0.15, 0.2) is 9.47 Å². The van der Waals surface area contributed by atoms with Gasteiger partial charge in [-0.05, 0) is 12.1 Å². The normalized spacial score (nSPS) is 10.6. The summed E-state index contributed by atoms with van der Waals surface area (Å²) >= 11 is 4.49. The van der Waals surface area contributed by atoms with E-state index < -0.39 is 0 Å². The standard InChI is InChI=1S/C16H17N5O2S3/c1-10(22)21(12-6-4-5-7-13(12)23-3)15-18-11(8-24-15)9-25-16-20-19-14(17-2)26-16/h4-8H,9H2,1-3H3,(H,17,19). The van der Waals surface area contributed by atoms with E-state index in [2.05, 4.69) is 20.5 Å². The molecule has 0 fully saturated rings. The Morgan fingerprint density at radius 1 is 1.35 bits per heavy atom. The van der Waals surface area contributed by atoms with Crippen molar-refractivity contribution in [2.45, 2.75) is 17.0 Å². The van der Waals surface area contributed by atoms with Gasteiger partial charge < -0.3 is 10.1 Å². The van der Waals surface area contributed by atoms with E-state index in [1.165, 1.54) is 29.6 Å². The first-order chi connectivity index (χ1) is 12.6. The van der Waals surface area contributed by atoms with E-state index in [0.29, 0.717) is 22.3 Å². The van der Waals surface area contributed by atoms with Crippen molar-refractivity contribution < 1.29 is 9.53 Å². The molecule has 3 aromatic rings. The SMILES string of the molecule is CNc1nnc(SCc2csc(N(C(C)=O)c3ccccc3OC)n2)s1. The fraction of sp³-hybridized carbons (Fsp3) is 0.250. The zero-order chi connectivity index (χ0) is 18.5. The Bertz CT molecular complexity index is 895. The molecular weight excluding hydrogens is 390 g/mol. The average molecular weight is 408 g/mol. The Morgan fingerprint density at radius 3 is 2.85 bits per heavy atom. The molecule has 1 amide bonds. The molecule has 0 radical (unpaired) electrons. The number of hydrogen-bond acceptors (Lipinski definition) is 9. The van der Waals surface area contributed by atoms with E-state index in [1.807, 2.05) is 36.7 Å². The molecule has 0 aliphatic rings. The van der Waals surface area contributed by atoms with Crippen molar-refractivity contribution in [1.82, 2.24) is 15.2 Å². The summed E-state index contributed by atoms with van der Waals surface area (Å²) in [4.78, 5) is 18.4. The van der Waals surface area contributed by atoms with E-state index in [-0.39, 0.29) is 5.91 Å². The lowest BCUT2D eigenvalue weighted by Crippen LogP contribution is -2.23. The van der Waals surface area contributed by atoms with Crippen LogP contribution in [-0.4, -0.2) is 35.2 Å². The summed E-state index contributed by atoms with van der Waals surface area (Å²) in [5.74, 6) is 1.17. The van der Waals surface area contributed by atoms with Crippen LogP contribution in [0.3, 0.4) is 0 Å². The van der Waals surface area contributed by atoms with Crippen LogP contribution in [0.25, 0.3) is 0 Å². The quantitative estimate of drug-likeness (QED) is 0.592. The molecule has 2 heterocycles. The highest BCUT2D eigenvalue weighted by Crippen LogP contribution is 2.36. The van der Waals surface area contributed by atoms with E-state index in [1.54, 1.807) is 23.8 Å². The third-order valence-corrected chi connectivity index (χ3v) is 6.32. The average Bonchev–Trinajstić information content (AvgIpc) is 3.29. The topological polar surface area (TPSA) is 80.2 Å². The number of thiazole rings is 1. The zero-order valence-electron chi connectivity index (χ0n) is 14.4. The molecule has 0 aliphatic carbocycles. The molecule has 0 atom stereocenters. The number of benzene rings is 1. The van der Waals surface area contributed by atoms with Crippen LogP contribution in [0.1, 0.15) is 12.6 Å². The van der Waals surface area contributed by atoms with E-state index in [4.69, 9.17) is 4.74 Å². The Balaban J connectivity index is 1.78. The molecule has 26 heavy (non-hydrogen) atoms. The summed E-state index contributed by atoms with van der Waals surface area (Å²) in [6.07, 6.45) is 0. The minimum atomic E-state index is -0.120. The predicted molar refractivity (Wildman–Crippen MR) is 107 cm³/mol. The monoisotopic (exact) mass is 407 g/mol. The second-order valence-corrected chi connectivity index (χ2v) is 8.10. The van der Waals surface area contributed by atoms with Gasteiger partial charge >= 0.3 is 0 Å². The van der Waals surface area contributed by atoms with Gasteiger partial charge in [-0.3, -0.25) is 9.69 Å². The van der Waals surface area contributed by atoms with E-state index >= 15 is 0 Å².